The predicted octanol–water partition coefficient (Wildman–Crippen LogP) is 4.22. The molecule has 1 heterocycles. The van der Waals surface area contributed by atoms with Gasteiger partial charge in [0.1, 0.15) is 5.84 Å². The summed E-state index contributed by atoms with van der Waals surface area (Å²) in [4.78, 5) is 21.7. The first kappa shape index (κ1) is 23.2. The number of rotatable bonds is 5. The van der Waals surface area contributed by atoms with E-state index in [4.69, 9.17) is 26.1 Å². The molecule has 0 spiro atoms. The number of nitrogen functional groups attached to an aromatic ring is 1. The number of para-hydroxylation sites is 1. The molecule has 33 heavy (non-hydrogen) atoms. The third-order valence-corrected chi connectivity index (χ3v) is 4.79. The van der Waals surface area contributed by atoms with Gasteiger partial charge in [-0.25, -0.2) is 4.68 Å². The number of hydrogen-bond donors (Lipinski definition) is 4. The summed E-state index contributed by atoms with van der Waals surface area (Å²) in [6.45, 7) is 3.16. The first-order chi connectivity index (χ1) is 15.8. The fourth-order valence-electron chi connectivity index (χ4n) is 3.32. The SMILES string of the molecule is CC(=O)O.CCc1nn(-c2ccccc2)c2cc(NC(=O)c3cccc(C(=N)N)c3)ccc12. The van der Waals surface area contributed by atoms with Gasteiger partial charge in [0, 0.05) is 29.1 Å². The quantitative estimate of drug-likeness (QED) is 0.271. The van der Waals surface area contributed by atoms with E-state index in [0.717, 1.165) is 35.6 Å². The van der Waals surface area contributed by atoms with Crippen molar-refractivity contribution in [2.24, 2.45) is 5.73 Å². The molecule has 0 aliphatic carbocycles. The van der Waals surface area contributed by atoms with Gasteiger partial charge in [-0.3, -0.25) is 15.0 Å². The summed E-state index contributed by atoms with van der Waals surface area (Å²) in [6, 6.07) is 22.5. The van der Waals surface area contributed by atoms with Crippen LogP contribution in [-0.2, 0) is 11.2 Å². The van der Waals surface area contributed by atoms with E-state index >= 15 is 0 Å². The summed E-state index contributed by atoms with van der Waals surface area (Å²) >= 11 is 0. The van der Waals surface area contributed by atoms with Crippen molar-refractivity contribution in [2.45, 2.75) is 20.3 Å². The zero-order chi connectivity index (χ0) is 24.0. The molecule has 0 aliphatic rings. The number of fused-ring (bicyclic) bond motifs is 1. The normalized spacial score (nSPS) is 10.2. The molecule has 0 bridgehead atoms. The molecule has 168 valence electrons. The number of benzene rings is 3. The fourth-order valence-corrected chi connectivity index (χ4v) is 3.32. The van der Waals surface area contributed by atoms with E-state index in [-0.39, 0.29) is 11.7 Å². The van der Waals surface area contributed by atoms with Gasteiger partial charge in [0.15, 0.2) is 0 Å². The molecule has 8 heteroatoms. The number of nitrogens with one attached hydrogen (secondary N) is 2. The largest absolute Gasteiger partial charge is 0.481 e. The average Bonchev–Trinajstić information content (AvgIpc) is 3.17. The molecule has 0 saturated heterocycles. The second kappa shape index (κ2) is 10.2. The van der Waals surface area contributed by atoms with Gasteiger partial charge in [-0.2, -0.15) is 5.10 Å². The van der Waals surface area contributed by atoms with Crippen molar-refractivity contribution in [3.63, 3.8) is 0 Å². The molecule has 0 radical (unpaired) electrons. The zero-order valence-corrected chi connectivity index (χ0v) is 18.4. The Kier molecular flexibility index (Phi) is 7.20. The number of aliphatic carboxylic acids is 1. The lowest BCUT2D eigenvalue weighted by Crippen LogP contribution is -2.15. The van der Waals surface area contributed by atoms with Gasteiger partial charge >= 0.3 is 0 Å². The van der Waals surface area contributed by atoms with Gasteiger partial charge in [-0.05, 0) is 48.9 Å². The monoisotopic (exact) mass is 443 g/mol. The first-order valence-electron chi connectivity index (χ1n) is 10.3. The van der Waals surface area contributed by atoms with Crippen LogP contribution in [0.3, 0.4) is 0 Å². The van der Waals surface area contributed by atoms with Gasteiger partial charge in [0.05, 0.1) is 16.9 Å². The average molecular weight is 444 g/mol. The number of carboxylic acid groups (broad SMARTS) is 1. The Labute approximate surface area is 191 Å². The van der Waals surface area contributed by atoms with Crippen molar-refractivity contribution >= 4 is 34.3 Å². The number of carboxylic acids is 1. The van der Waals surface area contributed by atoms with Crippen LogP contribution in [0.2, 0.25) is 0 Å². The molecule has 4 aromatic rings. The lowest BCUT2D eigenvalue weighted by atomic mass is 10.1. The van der Waals surface area contributed by atoms with Crippen molar-refractivity contribution in [1.82, 2.24) is 9.78 Å². The lowest BCUT2D eigenvalue weighted by molar-refractivity contribution is -0.134. The number of carbonyl (C=O) groups is 2. The van der Waals surface area contributed by atoms with Crippen LogP contribution in [0, 0.1) is 5.41 Å². The van der Waals surface area contributed by atoms with Crippen LogP contribution in [0.25, 0.3) is 16.6 Å². The summed E-state index contributed by atoms with van der Waals surface area (Å²) in [5.41, 5.74) is 10.1. The first-order valence-corrected chi connectivity index (χ1v) is 10.3. The highest BCUT2D eigenvalue weighted by molar-refractivity contribution is 6.07. The van der Waals surface area contributed by atoms with Crippen LogP contribution in [0.1, 0.15) is 35.5 Å². The van der Waals surface area contributed by atoms with Crippen LogP contribution in [0.5, 0.6) is 0 Å². The van der Waals surface area contributed by atoms with Crippen molar-refractivity contribution < 1.29 is 14.7 Å². The maximum atomic E-state index is 12.7. The van der Waals surface area contributed by atoms with Crippen molar-refractivity contribution in [3.8, 4) is 5.69 Å². The molecule has 0 fully saturated rings. The number of hydrogen-bond acceptors (Lipinski definition) is 4. The Hall–Kier alpha value is -4.46. The highest BCUT2D eigenvalue weighted by atomic mass is 16.4. The van der Waals surface area contributed by atoms with Gasteiger partial charge in [0.25, 0.3) is 11.9 Å². The van der Waals surface area contributed by atoms with Gasteiger partial charge in [-0.15, -0.1) is 0 Å². The minimum Gasteiger partial charge on any atom is -0.481 e. The van der Waals surface area contributed by atoms with Gasteiger partial charge in [-0.1, -0.05) is 37.3 Å². The van der Waals surface area contributed by atoms with Crippen LogP contribution in [-0.4, -0.2) is 32.6 Å². The van der Waals surface area contributed by atoms with E-state index in [1.54, 1.807) is 24.3 Å². The van der Waals surface area contributed by atoms with Crippen molar-refractivity contribution in [1.29, 1.82) is 5.41 Å². The zero-order valence-electron chi connectivity index (χ0n) is 18.4. The number of anilines is 1. The van der Waals surface area contributed by atoms with E-state index in [0.29, 0.717) is 16.8 Å². The molecule has 5 N–H and O–H groups in total. The van der Waals surface area contributed by atoms with E-state index in [9.17, 15) is 4.79 Å². The van der Waals surface area contributed by atoms with E-state index in [2.05, 4.69) is 12.2 Å². The van der Waals surface area contributed by atoms with Gasteiger partial charge < -0.3 is 16.2 Å². The molecule has 0 aliphatic heterocycles. The summed E-state index contributed by atoms with van der Waals surface area (Å²) in [5, 5.41) is 23.7. The summed E-state index contributed by atoms with van der Waals surface area (Å²) in [7, 11) is 0. The third kappa shape index (κ3) is 5.62. The molecule has 8 nitrogen and oxygen atoms in total. The molecule has 4 rings (SSSR count). The number of aryl methyl sites for hydroxylation is 1. The van der Waals surface area contributed by atoms with Crippen LogP contribution < -0.4 is 11.1 Å². The Morgan fingerprint density at radius 1 is 1.03 bits per heavy atom. The summed E-state index contributed by atoms with van der Waals surface area (Å²) < 4.78 is 1.90. The predicted molar refractivity (Wildman–Crippen MR) is 129 cm³/mol. The molecular weight excluding hydrogens is 418 g/mol. The highest BCUT2D eigenvalue weighted by Crippen LogP contribution is 2.26. The number of aromatic nitrogens is 2. The van der Waals surface area contributed by atoms with E-state index in [1.807, 2.05) is 53.2 Å². The maximum Gasteiger partial charge on any atom is 0.300 e. The van der Waals surface area contributed by atoms with Gasteiger partial charge in [0.2, 0.25) is 0 Å². The number of nitrogens with zero attached hydrogens (tertiary/aromatic N) is 2. The highest BCUT2D eigenvalue weighted by Gasteiger charge is 2.13. The second-order valence-corrected chi connectivity index (χ2v) is 7.25. The summed E-state index contributed by atoms with van der Waals surface area (Å²) in [5.74, 6) is -1.16. The molecule has 1 amide bonds. The van der Waals surface area contributed by atoms with Crippen LogP contribution in [0.4, 0.5) is 5.69 Å². The molecular formula is C25H25N5O3. The molecule has 0 unspecified atom stereocenters. The van der Waals surface area contributed by atoms with Crippen molar-refractivity contribution in [3.05, 3.63) is 89.6 Å². The number of carbonyl (C=O) groups excluding carboxylic acids is 1. The van der Waals surface area contributed by atoms with E-state index in [1.165, 1.54) is 0 Å². The van der Waals surface area contributed by atoms with Crippen LogP contribution >= 0.6 is 0 Å². The molecule has 3 aromatic carbocycles. The number of amides is 1. The number of nitrogens with two attached hydrogens (primary N) is 1. The summed E-state index contributed by atoms with van der Waals surface area (Å²) in [6.07, 6.45) is 0.819. The minimum atomic E-state index is -0.833. The van der Waals surface area contributed by atoms with E-state index < -0.39 is 5.97 Å². The molecule has 1 aromatic heterocycles. The Morgan fingerprint density at radius 2 is 1.70 bits per heavy atom. The smallest absolute Gasteiger partial charge is 0.300 e. The van der Waals surface area contributed by atoms with Crippen LogP contribution in [0.15, 0.2) is 72.8 Å². The Bertz CT molecular complexity index is 1310. The molecule has 0 saturated carbocycles. The number of amidine groups is 1. The molecule has 0 atom stereocenters. The standard InChI is InChI=1S/C23H21N5O.C2H4O2/c1-2-20-19-12-11-17(14-21(19)28(27-20)18-9-4-3-5-10-18)26-23(29)16-8-6-7-15(13-16)22(24)25;1-2(3)4/h3-14H,2H2,1H3,(H3,24,25)(H,26,29);1H3,(H,3,4). The topological polar surface area (TPSA) is 134 Å². The minimum absolute atomic E-state index is 0.0695. The Balaban J connectivity index is 0.000000709. The fraction of sp³-hybridized carbons (Fsp3) is 0.120. The Morgan fingerprint density at radius 3 is 2.33 bits per heavy atom. The lowest BCUT2D eigenvalue weighted by Gasteiger charge is -2.08. The van der Waals surface area contributed by atoms with Crippen molar-refractivity contribution in [2.75, 3.05) is 5.32 Å². The second-order valence-electron chi connectivity index (χ2n) is 7.25. The third-order valence-electron chi connectivity index (χ3n) is 4.79. The maximum absolute atomic E-state index is 12.7.